The van der Waals surface area contributed by atoms with Crippen molar-refractivity contribution in [2.75, 3.05) is 27.3 Å². The number of rotatable bonds is 3. The lowest BCUT2D eigenvalue weighted by atomic mass is 10.1. The Hall–Kier alpha value is -1.10. The Bertz CT molecular complexity index is 451. The molecule has 19 heavy (non-hydrogen) atoms. The van der Waals surface area contributed by atoms with Crippen molar-refractivity contribution in [1.29, 1.82) is 0 Å². The predicted octanol–water partition coefficient (Wildman–Crippen LogP) is 1.73. The summed E-state index contributed by atoms with van der Waals surface area (Å²) in [5.41, 5.74) is 2.63. The van der Waals surface area contributed by atoms with E-state index in [1.807, 2.05) is 6.07 Å². The van der Waals surface area contributed by atoms with Gasteiger partial charge in [0.05, 0.1) is 12.2 Å². The predicted molar refractivity (Wildman–Crippen MR) is 72.3 cm³/mol. The van der Waals surface area contributed by atoms with Crippen molar-refractivity contribution in [1.82, 2.24) is 4.90 Å². The van der Waals surface area contributed by atoms with E-state index in [9.17, 15) is 5.11 Å². The van der Waals surface area contributed by atoms with Gasteiger partial charge < -0.3 is 14.6 Å². The van der Waals surface area contributed by atoms with Gasteiger partial charge in [-0.2, -0.15) is 0 Å². The van der Waals surface area contributed by atoms with Gasteiger partial charge >= 0.3 is 0 Å². The van der Waals surface area contributed by atoms with Gasteiger partial charge in [-0.15, -0.1) is 0 Å². The monoisotopic (exact) mass is 263 g/mol. The van der Waals surface area contributed by atoms with Gasteiger partial charge in [-0.1, -0.05) is 6.07 Å². The maximum atomic E-state index is 9.55. The fourth-order valence-electron chi connectivity index (χ4n) is 3.44. The third-order valence-electron chi connectivity index (χ3n) is 4.46. The Labute approximate surface area is 113 Å². The molecule has 2 aliphatic rings. The number of benzene rings is 1. The fourth-order valence-corrected chi connectivity index (χ4v) is 3.44. The number of nitrogens with zero attached hydrogens (tertiary/aromatic N) is 1. The number of methoxy groups -OCH3 is 2. The molecule has 3 unspecified atom stereocenters. The molecule has 4 nitrogen and oxygen atoms in total. The third-order valence-corrected chi connectivity index (χ3v) is 4.46. The molecule has 1 aromatic carbocycles. The summed E-state index contributed by atoms with van der Waals surface area (Å²) >= 11 is 0. The second-order valence-electron chi connectivity index (χ2n) is 5.44. The van der Waals surface area contributed by atoms with Crippen molar-refractivity contribution in [3.63, 3.8) is 0 Å². The summed E-state index contributed by atoms with van der Waals surface area (Å²) in [6.45, 7) is 1.83. The van der Waals surface area contributed by atoms with Crippen LogP contribution in [0.5, 0.6) is 5.75 Å². The van der Waals surface area contributed by atoms with Crippen molar-refractivity contribution in [2.45, 2.75) is 31.1 Å². The van der Waals surface area contributed by atoms with Crippen LogP contribution in [0.1, 0.15) is 23.6 Å². The van der Waals surface area contributed by atoms with E-state index in [-0.39, 0.29) is 12.2 Å². The third kappa shape index (κ3) is 2.24. The zero-order valence-corrected chi connectivity index (χ0v) is 11.5. The Balaban J connectivity index is 1.79. The molecule has 0 saturated carbocycles. The Morgan fingerprint density at radius 1 is 1.16 bits per heavy atom. The highest BCUT2D eigenvalue weighted by Crippen LogP contribution is 2.39. The minimum Gasteiger partial charge on any atom is -0.508 e. The van der Waals surface area contributed by atoms with E-state index < -0.39 is 0 Å². The molecule has 0 amide bonds. The lowest BCUT2D eigenvalue weighted by Gasteiger charge is -2.24. The van der Waals surface area contributed by atoms with Gasteiger partial charge in [0.15, 0.2) is 0 Å². The number of hydrogen-bond acceptors (Lipinski definition) is 4. The minimum atomic E-state index is 0.158. The van der Waals surface area contributed by atoms with Crippen molar-refractivity contribution in [3.8, 4) is 5.75 Å². The summed E-state index contributed by atoms with van der Waals surface area (Å²) < 4.78 is 11.0. The maximum absolute atomic E-state index is 9.55. The van der Waals surface area contributed by atoms with Crippen LogP contribution in [0.3, 0.4) is 0 Å². The summed E-state index contributed by atoms with van der Waals surface area (Å²) in [6.07, 6.45) is 2.48. The van der Waals surface area contributed by atoms with Crippen LogP contribution in [0.2, 0.25) is 0 Å². The summed E-state index contributed by atoms with van der Waals surface area (Å²) in [5, 5.41) is 9.55. The second-order valence-corrected chi connectivity index (χ2v) is 5.44. The molecule has 4 heteroatoms. The molecule has 1 fully saturated rings. The van der Waals surface area contributed by atoms with Gasteiger partial charge in [0.1, 0.15) is 5.75 Å². The number of aryl methyl sites for hydroxylation is 1. The molecule has 1 heterocycles. The summed E-state index contributed by atoms with van der Waals surface area (Å²) in [6, 6.07) is 6.18. The topological polar surface area (TPSA) is 41.9 Å². The smallest absolute Gasteiger partial charge is 0.115 e. The molecule has 104 valence electrons. The first-order valence-corrected chi connectivity index (χ1v) is 6.84. The van der Waals surface area contributed by atoms with Crippen LogP contribution in [0, 0.1) is 0 Å². The minimum absolute atomic E-state index is 0.158. The fraction of sp³-hybridized carbons (Fsp3) is 0.600. The quantitative estimate of drug-likeness (QED) is 0.901. The number of likely N-dealkylation sites (tertiary alicyclic amines) is 1. The highest BCUT2D eigenvalue weighted by Gasteiger charge is 2.38. The van der Waals surface area contributed by atoms with E-state index in [1.165, 1.54) is 11.1 Å². The zero-order chi connectivity index (χ0) is 13.4. The van der Waals surface area contributed by atoms with Gasteiger partial charge in [0.25, 0.3) is 0 Å². The largest absolute Gasteiger partial charge is 0.508 e. The number of aromatic hydroxyl groups is 1. The first kappa shape index (κ1) is 12.9. The Morgan fingerprint density at radius 2 is 1.84 bits per heavy atom. The van der Waals surface area contributed by atoms with Crippen LogP contribution in [0.15, 0.2) is 18.2 Å². The number of ether oxygens (including phenoxy) is 2. The lowest BCUT2D eigenvalue weighted by Crippen LogP contribution is -2.27. The number of phenolic OH excluding ortho intramolecular Hbond substituents is 1. The Kier molecular flexibility index (Phi) is 3.48. The van der Waals surface area contributed by atoms with Crippen LogP contribution < -0.4 is 0 Å². The second kappa shape index (κ2) is 5.12. The van der Waals surface area contributed by atoms with Crippen LogP contribution in [-0.2, 0) is 15.9 Å². The van der Waals surface area contributed by atoms with E-state index in [0.717, 1.165) is 25.9 Å². The molecule has 3 rings (SSSR count). The van der Waals surface area contributed by atoms with Crippen molar-refractivity contribution in [2.24, 2.45) is 0 Å². The number of hydrogen-bond donors (Lipinski definition) is 1. The number of phenols is 1. The van der Waals surface area contributed by atoms with Crippen LogP contribution in [-0.4, -0.2) is 49.5 Å². The first-order valence-electron chi connectivity index (χ1n) is 6.84. The first-order chi connectivity index (χ1) is 9.22. The number of fused-ring (bicyclic) bond motifs is 1. The van der Waals surface area contributed by atoms with E-state index in [4.69, 9.17) is 9.47 Å². The summed E-state index contributed by atoms with van der Waals surface area (Å²) in [5.74, 6) is 0.366. The van der Waals surface area contributed by atoms with E-state index >= 15 is 0 Å². The van der Waals surface area contributed by atoms with Gasteiger partial charge in [-0.3, -0.25) is 4.90 Å². The average Bonchev–Trinajstić information content (AvgIpc) is 3.00. The molecule has 0 bridgehead atoms. The van der Waals surface area contributed by atoms with Crippen LogP contribution in [0.25, 0.3) is 0 Å². The SMILES string of the molecule is COC1CN(C2CCc3cc(O)ccc32)CC1OC. The van der Waals surface area contributed by atoms with Crippen molar-refractivity contribution in [3.05, 3.63) is 29.3 Å². The average molecular weight is 263 g/mol. The van der Waals surface area contributed by atoms with Crippen molar-refractivity contribution >= 4 is 0 Å². The molecule has 1 aromatic rings. The molecule has 3 atom stereocenters. The van der Waals surface area contributed by atoms with Crippen LogP contribution >= 0.6 is 0 Å². The van der Waals surface area contributed by atoms with Gasteiger partial charge in [-0.05, 0) is 36.1 Å². The van der Waals surface area contributed by atoms with Gasteiger partial charge in [0.2, 0.25) is 0 Å². The van der Waals surface area contributed by atoms with Gasteiger partial charge in [-0.25, -0.2) is 0 Å². The molecule has 0 spiro atoms. The molecular formula is C15H21NO3. The molecule has 1 aliphatic carbocycles. The Morgan fingerprint density at radius 3 is 2.47 bits per heavy atom. The molecular weight excluding hydrogens is 242 g/mol. The molecule has 1 saturated heterocycles. The molecule has 1 aliphatic heterocycles. The van der Waals surface area contributed by atoms with Gasteiger partial charge in [0, 0.05) is 33.4 Å². The standard InChI is InChI=1S/C15H21NO3/c1-18-14-8-16(9-15(14)19-2)13-6-3-10-7-11(17)4-5-12(10)13/h4-5,7,13-15,17H,3,6,8-9H2,1-2H3. The molecule has 1 N–H and O–H groups in total. The van der Waals surface area contributed by atoms with E-state index in [1.54, 1.807) is 20.3 Å². The highest BCUT2D eigenvalue weighted by molar-refractivity contribution is 5.40. The highest BCUT2D eigenvalue weighted by atomic mass is 16.5. The van der Waals surface area contributed by atoms with Crippen LogP contribution in [0.4, 0.5) is 0 Å². The summed E-state index contributed by atoms with van der Waals surface area (Å²) in [7, 11) is 3.50. The van der Waals surface area contributed by atoms with Crippen molar-refractivity contribution < 1.29 is 14.6 Å². The van der Waals surface area contributed by atoms with E-state index in [0.29, 0.717) is 11.8 Å². The molecule has 0 radical (unpaired) electrons. The summed E-state index contributed by atoms with van der Waals surface area (Å²) in [4.78, 5) is 2.45. The normalized spacial score (nSPS) is 30.7. The molecule has 0 aromatic heterocycles. The van der Waals surface area contributed by atoms with E-state index in [2.05, 4.69) is 11.0 Å². The maximum Gasteiger partial charge on any atom is 0.115 e. The zero-order valence-electron chi connectivity index (χ0n) is 11.5. The lowest BCUT2D eigenvalue weighted by molar-refractivity contribution is -0.00461.